The monoisotopic (exact) mass is 270 g/mol. The lowest BCUT2D eigenvalue weighted by Gasteiger charge is -2.26. The second kappa shape index (κ2) is 5.11. The zero-order valence-corrected chi connectivity index (χ0v) is 9.08. The van der Waals surface area contributed by atoms with Crippen molar-refractivity contribution in [1.29, 1.82) is 0 Å². The van der Waals surface area contributed by atoms with Crippen molar-refractivity contribution in [2.75, 3.05) is 0 Å². The first-order valence-electron chi connectivity index (χ1n) is 3.72. The molecule has 2 atom stereocenters. The Hall–Kier alpha value is 0.390. The minimum Gasteiger partial charge on any atom is -0.387 e. The predicted octanol–water partition coefficient (Wildman–Crippen LogP) is 1.85. The average Bonchev–Trinajstić information content (AvgIpc) is 1.88. The Morgan fingerprint density at radius 1 is 1.64 bits per heavy atom. The maximum atomic E-state index is 9.61. The van der Waals surface area contributed by atoms with Crippen molar-refractivity contribution in [3.8, 4) is 0 Å². The van der Waals surface area contributed by atoms with Gasteiger partial charge in [-0.05, 0) is 23.5 Å². The molecule has 0 fully saturated rings. The zero-order valence-electron chi connectivity index (χ0n) is 6.92. The molecule has 0 saturated heterocycles. The molecule has 3 heteroatoms. The Morgan fingerprint density at radius 2 is 2.18 bits per heavy atom. The van der Waals surface area contributed by atoms with Crippen LogP contribution in [0.2, 0.25) is 0 Å². The van der Waals surface area contributed by atoms with Crippen LogP contribution < -0.4 is 0 Å². The number of halogens is 1. The molecule has 0 amide bonds. The maximum absolute atomic E-state index is 9.61. The van der Waals surface area contributed by atoms with E-state index in [-0.39, 0.29) is 0 Å². The number of rotatable bonds is 4. The molecule has 0 aliphatic rings. The summed E-state index contributed by atoms with van der Waals surface area (Å²) >= 11 is 2.02. The molecule has 0 radical (unpaired) electrons. The largest absolute Gasteiger partial charge is 0.387 e. The van der Waals surface area contributed by atoms with Crippen LogP contribution in [-0.2, 0) is 0 Å². The number of aliphatic hydroxyl groups is 2. The summed E-state index contributed by atoms with van der Waals surface area (Å²) < 4.78 is 1.71. The maximum Gasteiger partial charge on any atom is 0.101 e. The minimum atomic E-state index is -0.976. The lowest BCUT2D eigenvalue weighted by atomic mass is 9.94. The van der Waals surface area contributed by atoms with Gasteiger partial charge in [0, 0.05) is 0 Å². The third-order valence-electron chi connectivity index (χ3n) is 1.65. The van der Waals surface area contributed by atoms with E-state index in [2.05, 4.69) is 0 Å². The first kappa shape index (κ1) is 11.4. The third-order valence-corrected chi connectivity index (χ3v) is 2.06. The predicted molar refractivity (Wildman–Crippen MR) is 54.7 cm³/mol. The third kappa shape index (κ3) is 4.08. The van der Waals surface area contributed by atoms with E-state index < -0.39 is 11.7 Å². The van der Waals surface area contributed by atoms with Gasteiger partial charge in [0.25, 0.3) is 0 Å². The summed E-state index contributed by atoms with van der Waals surface area (Å²) in [6.07, 6.45) is 2.34. The van der Waals surface area contributed by atoms with Crippen molar-refractivity contribution in [2.45, 2.75) is 38.4 Å². The Kier molecular flexibility index (Phi) is 5.29. The van der Waals surface area contributed by atoms with Crippen molar-refractivity contribution in [2.24, 2.45) is 0 Å². The first-order valence-corrected chi connectivity index (χ1v) is 4.96. The van der Waals surface area contributed by atoms with Crippen LogP contribution in [0.15, 0.2) is 10.2 Å². The minimum absolute atomic E-state index is 0.620. The molecule has 0 aliphatic carbocycles. The van der Waals surface area contributed by atoms with Gasteiger partial charge in [0.1, 0.15) is 6.10 Å². The quantitative estimate of drug-likeness (QED) is 0.765. The molecule has 2 nitrogen and oxygen atoms in total. The summed E-state index contributed by atoms with van der Waals surface area (Å²) in [4.78, 5) is 0. The summed E-state index contributed by atoms with van der Waals surface area (Å²) in [7, 11) is 0. The van der Waals surface area contributed by atoms with Crippen LogP contribution in [0.4, 0.5) is 0 Å². The number of aliphatic hydroxyl groups excluding tert-OH is 1. The van der Waals surface area contributed by atoms with E-state index in [1.807, 2.05) is 29.5 Å². The van der Waals surface area contributed by atoms with Gasteiger partial charge in [-0.3, -0.25) is 0 Å². The van der Waals surface area contributed by atoms with Gasteiger partial charge in [-0.1, -0.05) is 35.9 Å². The molecule has 0 spiro atoms. The fourth-order valence-corrected chi connectivity index (χ4v) is 1.32. The van der Waals surface area contributed by atoms with Crippen LogP contribution in [0.25, 0.3) is 0 Å². The molecule has 0 bridgehead atoms. The molecule has 66 valence electrons. The van der Waals surface area contributed by atoms with E-state index in [1.165, 1.54) is 0 Å². The molecule has 0 aromatic heterocycles. The van der Waals surface area contributed by atoms with Gasteiger partial charge in [-0.25, -0.2) is 0 Å². The highest BCUT2D eigenvalue weighted by molar-refractivity contribution is 14.1. The molecule has 0 saturated carbocycles. The van der Waals surface area contributed by atoms with Crippen LogP contribution in [-0.4, -0.2) is 21.9 Å². The molecule has 2 N–H and O–H groups in total. The molecule has 2 unspecified atom stereocenters. The van der Waals surface area contributed by atoms with Gasteiger partial charge in [0.2, 0.25) is 0 Å². The average molecular weight is 270 g/mol. The normalized spacial score (nSPS) is 20.1. The Morgan fingerprint density at radius 3 is 2.55 bits per heavy atom. The Labute approximate surface area is 81.5 Å². The number of hydrogen-bond acceptors (Lipinski definition) is 2. The fourth-order valence-electron chi connectivity index (χ4n) is 0.930. The highest BCUT2D eigenvalue weighted by Gasteiger charge is 2.26. The van der Waals surface area contributed by atoms with E-state index >= 15 is 0 Å². The molecule has 0 aromatic rings. The molecule has 0 aliphatic heterocycles. The van der Waals surface area contributed by atoms with E-state index in [9.17, 15) is 10.2 Å². The summed E-state index contributed by atoms with van der Waals surface area (Å²) in [5.41, 5.74) is -0.976. The van der Waals surface area contributed by atoms with Gasteiger partial charge >= 0.3 is 0 Å². The standard InChI is InChI=1S/C8H15IO2/c1-3-5-8(2,11)7(10)4-6-9/h4,6-7,10-11H,3,5H2,1-2H3/b6-4+. The summed E-state index contributed by atoms with van der Waals surface area (Å²) in [6.45, 7) is 3.63. The van der Waals surface area contributed by atoms with E-state index in [0.717, 1.165) is 6.42 Å². The molecule has 11 heavy (non-hydrogen) atoms. The smallest absolute Gasteiger partial charge is 0.101 e. The van der Waals surface area contributed by atoms with Gasteiger partial charge in [-0.15, -0.1) is 0 Å². The van der Waals surface area contributed by atoms with Crippen molar-refractivity contribution >= 4 is 22.6 Å². The van der Waals surface area contributed by atoms with Crippen LogP contribution in [0.3, 0.4) is 0 Å². The summed E-state index contributed by atoms with van der Waals surface area (Å²) in [5, 5.41) is 19.0. The van der Waals surface area contributed by atoms with Crippen molar-refractivity contribution in [3.63, 3.8) is 0 Å². The van der Waals surface area contributed by atoms with Gasteiger partial charge in [-0.2, -0.15) is 0 Å². The SMILES string of the molecule is CCCC(C)(O)C(O)/C=C/I. The van der Waals surface area contributed by atoms with Crippen LogP contribution in [0.1, 0.15) is 26.7 Å². The molecular formula is C8H15IO2. The zero-order chi connectivity index (χ0) is 8.91. The van der Waals surface area contributed by atoms with Gasteiger partial charge in [0.05, 0.1) is 5.60 Å². The van der Waals surface area contributed by atoms with Crippen molar-refractivity contribution in [1.82, 2.24) is 0 Å². The van der Waals surface area contributed by atoms with Crippen LogP contribution in [0, 0.1) is 0 Å². The van der Waals surface area contributed by atoms with Crippen LogP contribution >= 0.6 is 22.6 Å². The Bertz CT molecular complexity index is 132. The van der Waals surface area contributed by atoms with E-state index in [1.54, 1.807) is 17.1 Å². The lowest BCUT2D eigenvalue weighted by Crippen LogP contribution is -2.37. The first-order chi connectivity index (χ1) is 5.04. The Balaban J connectivity index is 4.04. The van der Waals surface area contributed by atoms with Gasteiger partial charge in [0.15, 0.2) is 0 Å². The molecular weight excluding hydrogens is 255 g/mol. The van der Waals surface area contributed by atoms with E-state index in [0.29, 0.717) is 6.42 Å². The fraction of sp³-hybridized carbons (Fsp3) is 0.750. The molecule has 0 aromatic carbocycles. The molecule has 0 heterocycles. The van der Waals surface area contributed by atoms with Crippen LogP contribution in [0.5, 0.6) is 0 Å². The van der Waals surface area contributed by atoms with Gasteiger partial charge < -0.3 is 10.2 Å². The highest BCUT2D eigenvalue weighted by Crippen LogP contribution is 2.17. The van der Waals surface area contributed by atoms with E-state index in [4.69, 9.17) is 0 Å². The lowest BCUT2D eigenvalue weighted by molar-refractivity contribution is -0.0436. The second-order valence-corrected chi connectivity index (χ2v) is 3.59. The topological polar surface area (TPSA) is 40.5 Å². The second-order valence-electron chi connectivity index (χ2n) is 2.87. The number of hydrogen-bond donors (Lipinski definition) is 2. The van der Waals surface area contributed by atoms with Crippen molar-refractivity contribution < 1.29 is 10.2 Å². The van der Waals surface area contributed by atoms with Crippen molar-refractivity contribution in [3.05, 3.63) is 10.2 Å². The summed E-state index contributed by atoms with van der Waals surface area (Å²) in [6, 6.07) is 0. The summed E-state index contributed by atoms with van der Waals surface area (Å²) in [5.74, 6) is 0. The molecule has 0 rings (SSSR count). The highest BCUT2D eigenvalue weighted by atomic mass is 127.